The number of carbonyl (C=O) groups is 1. The summed E-state index contributed by atoms with van der Waals surface area (Å²) in [4.78, 5) is 32.6. The number of aryl methyl sites for hydroxylation is 3. The van der Waals surface area contributed by atoms with Crippen molar-refractivity contribution in [1.29, 1.82) is 0 Å². The quantitative estimate of drug-likeness (QED) is 0.362. The number of nitrogens with zero attached hydrogens (tertiary/aromatic N) is 3. The number of carbonyl (C=O) groups excluding carboxylic acids is 1. The zero-order valence-electron chi connectivity index (χ0n) is 16.4. The average Bonchev–Trinajstić information content (AvgIpc) is 3.27. The van der Waals surface area contributed by atoms with Gasteiger partial charge in [0.2, 0.25) is 5.91 Å². The van der Waals surface area contributed by atoms with Crippen LogP contribution in [-0.4, -0.2) is 25.9 Å². The van der Waals surface area contributed by atoms with E-state index in [0.29, 0.717) is 23.3 Å². The third-order valence-corrected chi connectivity index (χ3v) is 7.16. The summed E-state index contributed by atoms with van der Waals surface area (Å²) in [7, 11) is 0. The first-order chi connectivity index (χ1) is 14.0. The van der Waals surface area contributed by atoms with Gasteiger partial charge in [-0.1, -0.05) is 23.0 Å². The molecule has 3 aromatic rings. The monoisotopic (exact) mass is 430 g/mol. The lowest BCUT2D eigenvalue weighted by atomic mass is 9.97. The Morgan fingerprint density at radius 1 is 1.48 bits per heavy atom. The van der Waals surface area contributed by atoms with Gasteiger partial charge in [-0.05, 0) is 45.1 Å². The SMILES string of the molecule is C=CCn1c(SC(C)C(=O)Nc2cc(C)on2)nc2sc3c(c2c1=O)CCCC3. The highest BCUT2D eigenvalue weighted by Gasteiger charge is 2.24. The Labute approximate surface area is 176 Å². The van der Waals surface area contributed by atoms with Crippen LogP contribution < -0.4 is 10.9 Å². The summed E-state index contributed by atoms with van der Waals surface area (Å²) >= 11 is 2.87. The van der Waals surface area contributed by atoms with Crippen molar-refractivity contribution in [3.8, 4) is 0 Å². The summed E-state index contributed by atoms with van der Waals surface area (Å²) in [5.74, 6) is 0.764. The van der Waals surface area contributed by atoms with Crippen LogP contribution in [0.25, 0.3) is 10.2 Å². The second-order valence-corrected chi connectivity index (χ2v) is 9.45. The molecule has 9 heteroatoms. The predicted molar refractivity (Wildman–Crippen MR) is 116 cm³/mol. The van der Waals surface area contributed by atoms with Crippen molar-refractivity contribution in [1.82, 2.24) is 14.7 Å². The maximum Gasteiger partial charge on any atom is 0.263 e. The van der Waals surface area contributed by atoms with E-state index >= 15 is 0 Å². The van der Waals surface area contributed by atoms with Crippen molar-refractivity contribution in [3.63, 3.8) is 0 Å². The molecule has 3 heterocycles. The van der Waals surface area contributed by atoms with E-state index < -0.39 is 5.25 Å². The van der Waals surface area contributed by atoms with Crippen LogP contribution in [-0.2, 0) is 24.2 Å². The minimum Gasteiger partial charge on any atom is -0.360 e. The third kappa shape index (κ3) is 3.89. The van der Waals surface area contributed by atoms with Crippen LogP contribution in [0.5, 0.6) is 0 Å². The van der Waals surface area contributed by atoms with Crippen molar-refractivity contribution in [3.05, 3.63) is 45.3 Å². The van der Waals surface area contributed by atoms with Crippen LogP contribution in [0, 0.1) is 6.92 Å². The van der Waals surface area contributed by atoms with Crippen LogP contribution in [0.15, 0.2) is 33.2 Å². The van der Waals surface area contributed by atoms with E-state index in [0.717, 1.165) is 41.5 Å². The Morgan fingerprint density at radius 2 is 2.28 bits per heavy atom. The Balaban J connectivity index is 1.66. The van der Waals surface area contributed by atoms with Gasteiger partial charge in [-0.3, -0.25) is 14.2 Å². The molecule has 1 amide bonds. The van der Waals surface area contributed by atoms with Crippen molar-refractivity contribution >= 4 is 45.0 Å². The maximum absolute atomic E-state index is 13.3. The number of fused-ring (bicyclic) bond motifs is 3. The highest BCUT2D eigenvalue weighted by Crippen LogP contribution is 2.35. The van der Waals surface area contributed by atoms with Gasteiger partial charge in [-0.2, -0.15) is 0 Å². The number of thioether (sulfide) groups is 1. The first-order valence-corrected chi connectivity index (χ1v) is 11.2. The van der Waals surface area contributed by atoms with Gasteiger partial charge in [0.1, 0.15) is 10.6 Å². The molecule has 1 atom stereocenters. The minimum atomic E-state index is -0.470. The lowest BCUT2D eigenvalue weighted by Crippen LogP contribution is -2.27. The fraction of sp³-hybridized carbons (Fsp3) is 0.400. The van der Waals surface area contributed by atoms with E-state index in [1.807, 2.05) is 0 Å². The molecule has 3 aromatic heterocycles. The lowest BCUT2D eigenvalue weighted by Gasteiger charge is -2.14. The van der Waals surface area contributed by atoms with Crippen LogP contribution in [0.4, 0.5) is 5.82 Å². The fourth-order valence-electron chi connectivity index (χ4n) is 3.46. The van der Waals surface area contributed by atoms with Gasteiger partial charge in [0.25, 0.3) is 5.56 Å². The predicted octanol–water partition coefficient (Wildman–Crippen LogP) is 3.94. The summed E-state index contributed by atoms with van der Waals surface area (Å²) in [5, 5.41) is 7.31. The molecule has 0 aliphatic heterocycles. The molecule has 4 rings (SSSR count). The molecule has 0 bridgehead atoms. The zero-order chi connectivity index (χ0) is 20.5. The van der Waals surface area contributed by atoms with Crippen LogP contribution in [0.2, 0.25) is 0 Å². The van der Waals surface area contributed by atoms with Gasteiger partial charge in [0.15, 0.2) is 11.0 Å². The van der Waals surface area contributed by atoms with Crippen LogP contribution >= 0.6 is 23.1 Å². The van der Waals surface area contributed by atoms with E-state index in [4.69, 9.17) is 9.51 Å². The van der Waals surface area contributed by atoms with Gasteiger partial charge < -0.3 is 9.84 Å². The molecule has 0 fully saturated rings. The number of amides is 1. The molecule has 7 nitrogen and oxygen atoms in total. The molecule has 152 valence electrons. The normalized spacial score (nSPS) is 14.6. The average molecular weight is 431 g/mol. The molecule has 1 aliphatic rings. The van der Waals surface area contributed by atoms with E-state index in [2.05, 4.69) is 17.1 Å². The van der Waals surface area contributed by atoms with Crippen molar-refractivity contribution < 1.29 is 9.32 Å². The number of aromatic nitrogens is 3. The summed E-state index contributed by atoms with van der Waals surface area (Å²) in [5.41, 5.74) is 1.12. The molecule has 0 aromatic carbocycles. The highest BCUT2D eigenvalue weighted by molar-refractivity contribution is 8.00. The molecular weight excluding hydrogens is 408 g/mol. The largest absolute Gasteiger partial charge is 0.360 e. The second-order valence-electron chi connectivity index (χ2n) is 7.06. The van der Waals surface area contributed by atoms with Gasteiger partial charge >= 0.3 is 0 Å². The molecule has 0 saturated heterocycles. The number of nitrogens with one attached hydrogen (secondary N) is 1. The highest BCUT2D eigenvalue weighted by atomic mass is 32.2. The van der Waals surface area contributed by atoms with E-state index in [9.17, 15) is 9.59 Å². The van der Waals surface area contributed by atoms with Crippen LogP contribution in [0.1, 0.15) is 36.0 Å². The number of thiophene rings is 1. The lowest BCUT2D eigenvalue weighted by molar-refractivity contribution is -0.115. The molecule has 29 heavy (non-hydrogen) atoms. The first-order valence-electron chi connectivity index (χ1n) is 9.54. The van der Waals surface area contributed by atoms with Crippen molar-refractivity contribution in [2.24, 2.45) is 0 Å². The number of anilines is 1. The molecule has 1 aliphatic carbocycles. The second kappa shape index (κ2) is 8.16. The Hall–Kier alpha value is -2.39. The maximum atomic E-state index is 13.3. The zero-order valence-corrected chi connectivity index (χ0v) is 18.0. The molecular formula is C20H22N4O3S2. The summed E-state index contributed by atoms with van der Waals surface area (Å²) in [6, 6.07) is 1.66. The van der Waals surface area contributed by atoms with Crippen LogP contribution in [0.3, 0.4) is 0 Å². The number of hydrogen-bond acceptors (Lipinski definition) is 7. The Kier molecular flexibility index (Phi) is 5.60. The van der Waals surface area contributed by atoms with Gasteiger partial charge in [-0.15, -0.1) is 17.9 Å². The van der Waals surface area contributed by atoms with E-state index in [1.54, 1.807) is 41.9 Å². The topological polar surface area (TPSA) is 90.0 Å². The molecule has 0 radical (unpaired) electrons. The standard InChI is InChI=1S/C20H22N4O3S2/c1-4-9-24-19(26)16-13-7-5-6-8-14(13)29-18(16)22-20(24)28-12(3)17(25)21-15-10-11(2)27-23-15/h4,10,12H,1,5-9H2,2-3H3,(H,21,23,25). The molecule has 1 N–H and O–H groups in total. The summed E-state index contributed by atoms with van der Waals surface area (Å²) in [6.45, 7) is 7.66. The van der Waals surface area contributed by atoms with E-state index in [1.165, 1.54) is 16.6 Å². The third-order valence-electron chi connectivity index (χ3n) is 4.88. The first kappa shape index (κ1) is 19.9. The van der Waals surface area contributed by atoms with Gasteiger partial charge in [0.05, 0.1) is 10.6 Å². The molecule has 1 unspecified atom stereocenters. The smallest absolute Gasteiger partial charge is 0.263 e. The summed E-state index contributed by atoms with van der Waals surface area (Å²) in [6.07, 6.45) is 5.88. The molecule has 0 spiro atoms. The minimum absolute atomic E-state index is 0.0449. The fourth-order valence-corrected chi connectivity index (χ4v) is 5.69. The number of hydrogen-bond donors (Lipinski definition) is 1. The molecule has 0 saturated carbocycles. The van der Waals surface area contributed by atoms with E-state index in [-0.39, 0.29) is 11.5 Å². The van der Waals surface area contributed by atoms with Crippen molar-refractivity contribution in [2.45, 2.75) is 56.5 Å². The number of rotatable bonds is 6. The Morgan fingerprint density at radius 3 is 3.00 bits per heavy atom. The van der Waals surface area contributed by atoms with Gasteiger partial charge in [-0.25, -0.2) is 4.98 Å². The van der Waals surface area contributed by atoms with Gasteiger partial charge in [0, 0.05) is 17.5 Å². The summed E-state index contributed by atoms with van der Waals surface area (Å²) < 4.78 is 6.60. The van der Waals surface area contributed by atoms with Crippen molar-refractivity contribution in [2.75, 3.05) is 5.32 Å². The Bertz CT molecular complexity index is 1140. The number of allylic oxidation sites excluding steroid dienone is 1.